The van der Waals surface area contributed by atoms with Gasteiger partial charge in [0, 0.05) is 25.3 Å². The van der Waals surface area contributed by atoms with Gasteiger partial charge in [-0.3, -0.25) is 9.78 Å². The third-order valence-corrected chi connectivity index (χ3v) is 3.89. The number of amides is 1. The van der Waals surface area contributed by atoms with Crippen molar-refractivity contribution in [1.29, 1.82) is 0 Å². The number of carbonyl (C=O) groups is 1. The fourth-order valence-electron chi connectivity index (χ4n) is 2.73. The van der Waals surface area contributed by atoms with Crippen LogP contribution in [0.4, 0.5) is 5.82 Å². The van der Waals surface area contributed by atoms with E-state index in [1.807, 2.05) is 12.1 Å². The first-order chi connectivity index (χ1) is 11.3. The summed E-state index contributed by atoms with van der Waals surface area (Å²) in [6.45, 7) is 1.56. The zero-order valence-corrected chi connectivity index (χ0v) is 12.3. The fourth-order valence-corrected chi connectivity index (χ4v) is 2.73. The van der Waals surface area contributed by atoms with Crippen LogP contribution >= 0.6 is 0 Å². The Hall–Kier alpha value is -3.03. The number of aromatic nitrogens is 5. The predicted octanol–water partition coefficient (Wildman–Crippen LogP) is 0.528. The molecule has 1 aliphatic heterocycles. The minimum Gasteiger partial charge on any atom is -0.353 e. The molecular weight excluding hydrogens is 294 g/mol. The highest BCUT2D eigenvalue weighted by Crippen LogP contribution is 2.18. The highest BCUT2D eigenvalue weighted by molar-refractivity contribution is 5.92. The van der Waals surface area contributed by atoms with E-state index in [0.717, 1.165) is 25.3 Å². The van der Waals surface area contributed by atoms with E-state index < -0.39 is 0 Å². The monoisotopic (exact) mass is 309 g/mol. The molecule has 4 heterocycles. The molecule has 0 bridgehead atoms. The fraction of sp³-hybridized carbons (Fsp3) is 0.267. The second-order valence-electron chi connectivity index (χ2n) is 5.45. The van der Waals surface area contributed by atoms with Crippen LogP contribution < -0.4 is 10.2 Å². The van der Waals surface area contributed by atoms with Crippen LogP contribution in [0.15, 0.2) is 42.9 Å². The van der Waals surface area contributed by atoms with Gasteiger partial charge in [0.1, 0.15) is 17.8 Å². The second-order valence-corrected chi connectivity index (χ2v) is 5.45. The SMILES string of the molecule is O=C(N[C@@H]1CCN(c2ccc3nncn3n2)C1)c1ccccn1. The van der Waals surface area contributed by atoms with Crippen LogP contribution in [0.2, 0.25) is 0 Å². The molecule has 1 N–H and O–H groups in total. The lowest BCUT2D eigenvalue weighted by Gasteiger charge is -2.17. The summed E-state index contributed by atoms with van der Waals surface area (Å²) >= 11 is 0. The van der Waals surface area contributed by atoms with Gasteiger partial charge in [0.25, 0.3) is 5.91 Å². The normalized spacial score (nSPS) is 17.6. The zero-order valence-electron chi connectivity index (χ0n) is 12.3. The Kier molecular flexibility index (Phi) is 3.34. The number of pyridine rings is 1. The van der Waals surface area contributed by atoms with Crippen molar-refractivity contribution in [3.63, 3.8) is 0 Å². The first-order valence-electron chi connectivity index (χ1n) is 7.43. The Balaban J connectivity index is 1.43. The van der Waals surface area contributed by atoms with Crippen LogP contribution in [0, 0.1) is 0 Å². The van der Waals surface area contributed by atoms with Crippen molar-refractivity contribution >= 4 is 17.4 Å². The van der Waals surface area contributed by atoms with Gasteiger partial charge in [-0.05, 0) is 30.7 Å². The van der Waals surface area contributed by atoms with Crippen molar-refractivity contribution in [1.82, 2.24) is 30.1 Å². The summed E-state index contributed by atoms with van der Waals surface area (Å²) in [6, 6.07) is 9.20. The van der Waals surface area contributed by atoms with E-state index in [-0.39, 0.29) is 11.9 Å². The molecule has 4 rings (SSSR count). The predicted molar refractivity (Wildman–Crippen MR) is 83.1 cm³/mol. The van der Waals surface area contributed by atoms with Crippen molar-refractivity contribution < 1.29 is 4.79 Å². The van der Waals surface area contributed by atoms with Crippen LogP contribution in [0.5, 0.6) is 0 Å². The summed E-state index contributed by atoms with van der Waals surface area (Å²) in [5.41, 5.74) is 1.16. The number of hydrogen-bond acceptors (Lipinski definition) is 6. The van der Waals surface area contributed by atoms with E-state index in [9.17, 15) is 4.79 Å². The number of nitrogens with zero attached hydrogens (tertiary/aromatic N) is 6. The Morgan fingerprint density at radius 2 is 2.22 bits per heavy atom. The van der Waals surface area contributed by atoms with Gasteiger partial charge in [0.2, 0.25) is 0 Å². The average Bonchev–Trinajstić information content (AvgIpc) is 3.23. The minimum absolute atomic E-state index is 0.0860. The Bertz CT molecular complexity index is 832. The van der Waals surface area contributed by atoms with Crippen molar-refractivity contribution in [2.75, 3.05) is 18.0 Å². The van der Waals surface area contributed by atoms with Crippen LogP contribution in [-0.4, -0.2) is 49.8 Å². The summed E-state index contributed by atoms with van der Waals surface area (Å²) in [5.74, 6) is 0.714. The Labute approximate surface area is 132 Å². The van der Waals surface area contributed by atoms with E-state index in [0.29, 0.717) is 11.3 Å². The van der Waals surface area contributed by atoms with Crippen molar-refractivity contribution in [2.24, 2.45) is 0 Å². The van der Waals surface area contributed by atoms with E-state index >= 15 is 0 Å². The molecule has 116 valence electrons. The van der Waals surface area contributed by atoms with E-state index in [4.69, 9.17) is 0 Å². The maximum Gasteiger partial charge on any atom is 0.270 e. The quantitative estimate of drug-likeness (QED) is 0.759. The lowest BCUT2D eigenvalue weighted by Crippen LogP contribution is -2.37. The molecule has 1 amide bonds. The topological polar surface area (TPSA) is 88.3 Å². The maximum absolute atomic E-state index is 12.2. The first-order valence-corrected chi connectivity index (χ1v) is 7.43. The van der Waals surface area contributed by atoms with E-state index in [2.05, 4.69) is 30.5 Å². The van der Waals surface area contributed by atoms with Crippen molar-refractivity contribution in [3.8, 4) is 0 Å². The summed E-state index contributed by atoms with van der Waals surface area (Å²) in [5, 5.41) is 15.3. The molecule has 3 aromatic heterocycles. The van der Waals surface area contributed by atoms with Gasteiger partial charge in [0.05, 0.1) is 0 Å². The van der Waals surface area contributed by atoms with Gasteiger partial charge in [-0.15, -0.1) is 15.3 Å². The number of rotatable bonds is 3. The molecule has 1 atom stereocenters. The molecule has 1 fully saturated rings. The largest absolute Gasteiger partial charge is 0.353 e. The maximum atomic E-state index is 12.2. The number of fused-ring (bicyclic) bond motifs is 1. The van der Waals surface area contributed by atoms with Gasteiger partial charge in [0.15, 0.2) is 5.65 Å². The Morgan fingerprint density at radius 3 is 3.09 bits per heavy atom. The molecule has 1 saturated heterocycles. The van der Waals surface area contributed by atoms with Crippen LogP contribution in [0.3, 0.4) is 0 Å². The molecule has 0 unspecified atom stereocenters. The number of hydrogen-bond donors (Lipinski definition) is 1. The third-order valence-electron chi connectivity index (χ3n) is 3.89. The molecule has 23 heavy (non-hydrogen) atoms. The second kappa shape index (κ2) is 5.64. The molecule has 0 spiro atoms. The summed E-state index contributed by atoms with van der Waals surface area (Å²) in [4.78, 5) is 18.4. The average molecular weight is 309 g/mol. The standard InChI is InChI=1S/C15H15N7O/c23-15(12-3-1-2-7-16-12)18-11-6-8-21(9-11)14-5-4-13-19-17-10-22(13)20-14/h1-5,7,10-11H,6,8-9H2,(H,18,23)/t11-/m1/s1. The van der Waals surface area contributed by atoms with Crippen LogP contribution in [0.25, 0.3) is 5.65 Å². The van der Waals surface area contributed by atoms with Crippen LogP contribution in [-0.2, 0) is 0 Å². The highest BCUT2D eigenvalue weighted by atomic mass is 16.1. The lowest BCUT2D eigenvalue weighted by atomic mass is 10.2. The minimum atomic E-state index is -0.139. The van der Waals surface area contributed by atoms with Crippen molar-refractivity contribution in [2.45, 2.75) is 12.5 Å². The first kappa shape index (κ1) is 13.6. The lowest BCUT2D eigenvalue weighted by molar-refractivity contribution is 0.0935. The number of carbonyl (C=O) groups excluding carboxylic acids is 1. The molecule has 8 heteroatoms. The number of nitrogens with one attached hydrogen (secondary N) is 1. The summed E-state index contributed by atoms with van der Waals surface area (Å²) in [6.07, 6.45) is 4.07. The molecule has 8 nitrogen and oxygen atoms in total. The van der Waals surface area contributed by atoms with Crippen molar-refractivity contribution in [3.05, 3.63) is 48.5 Å². The molecule has 0 aliphatic carbocycles. The highest BCUT2D eigenvalue weighted by Gasteiger charge is 2.25. The zero-order chi connectivity index (χ0) is 15.6. The molecule has 3 aromatic rings. The van der Waals surface area contributed by atoms with Gasteiger partial charge in [-0.2, -0.15) is 4.52 Å². The van der Waals surface area contributed by atoms with Gasteiger partial charge in [-0.25, -0.2) is 0 Å². The smallest absolute Gasteiger partial charge is 0.270 e. The third kappa shape index (κ3) is 2.70. The van der Waals surface area contributed by atoms with Crippen LogP contribution in [0.1, 0.15) is 16.9 Å². The number of anilines is 1. The Morgan fingerprint density at radius 1 is 1.26 bits per heavy atom. The van der Waals surface area contributed by atoms with Gasteiger partial charge < -0.3 is 10.2 Å². The molecular formula is C15H15N7O. The molecule has 1 aliphatic rings. The molecule has 0 radical (unpaired) electrons. The van der Waals surface area contributed by atoms with E-state index in [1.54, 1.807) is 35.2 Å². The molecule has 0 aromatic carbocycles. The van der Waals surface area contributed by atoms with E-state index in [1.165, 1.54) is 0 Å². The summed E-state index contributed by atoms with van der Waals surface area (Å²) in [7, 11) is 0. The summed E-state index contributed by atoms with van der Waals surface area (Å²) < 4.78 is 1.65. The molecule has 0 saturated carbocycles. The van der Waals surface area contributed by atoms with Gasteiger partial charge in [-0.1, -0.05) is 6.07 Å². The van der Waals surface area contributed by atoms with Gasteiger partial charge >= 0.3 is 0 Å².